The van der Waals surface area contributed by atoms with Gasteiger partial charge in [0, 0.05) is 12.0 Å². The molecule has 4 nitrogen and oxygen atoms in total. The summed E-state index contributed by atoms with van der Waals surface area (Å²) in [6.45, 7) is 0.426. The lowest BCUT2D eigenvalue weighted by Gasteiger charge is -1.99. The number of halogens is 1. The molecule has 78 valence electrons. The Hall–Kier alpha value is -1.75. The van der Waals surface area contributed by atoms with E-state index in [1.165, 1.54) is 6.07 Å². The minimum atomic E-state index is -0.341. The fourth-order valence-electron chi connectivity index (χ4n) is 1.37. The van der Waals surface area contributed by atoms with Gasteiger partial charge in [-0.1, -0.05) is 17.3 Å². The van der Waals surface area contributed by atoms with E-state index in [0.717, 1.165) is 0 Å². The Kier molecular flexibility index (Phi) is 2.73. The van der Waals surface area contributed by atoms with Crippen molar-refractivity contribution < 1.29 is 9.02 Å². The van der Waals surface area contributed by atoms with Crippen LogP contribution in [0.2, 0.25) is 0 Å². The normalized spacial score (nSPS) is 10.5. The molecule has 2 aromatic rings. The number of nitrogens with two attached hydrogens (primary N) is 1. The van der Waals surface area contributed by atoms with Crippen molar-refractivity contribution >= 4 is 0 Å². The number of hydrogen-bond acceptors (Lipinski definition) is 4. The summed E-state index contributed by atoms with van der Waals surface area (Å²) in [5.74, 6) is -0.341. The van der Waals surface area contributed by atoms with Crippen LogP contribution in [0.15, 0.2) is 28.9 Å². The Balaban J connectivity index is 2.45. The Bertz CT molecular complexity index is 455. The van der Waals surface area contributed by atoms with Crippen molar-refractivity contribution in [1.82, 2.24) is 10.3 Å². The van der Waals surface area contributed by atoms with Gasteiger partial charge in [-0.3, -0.25) is 0 Å². The maximum atomic E-state index is 13.4. The van der Waals surface area contributed by atoms with Crippen LogP contribution < -0.4 is 5.73 Å². The van der Waals surface area contributed by atoms with E-state index >= 15 is 0 Å². The maximum Gasteiger partial charge on any atom is 0.141 e. The second-order valence-corrected chi connectivity index (χ2v) is 3.08. The molecule has 1 aromatic heterocycles. The molecule has 2 N–H and O–H groups in total. The molecular formula is C10H10FN3O. The standard InChI is InChI=1S/C10H10FN3O/c11-8-4-2-1-3-7(8)10-9(5-6-12)13-15-14-10/h1-4H,5-6,12H2. The molecule has 0 unspecified atom stereocenters. The average Bonchev–Trinajstić information content (AvgIpc) is 2.67. The third-order valence-electron chi connectivity index (χ3n) is 2.07. The number of rotatable bonds is 3. The topological polar surface area (TPSA) is 64.9 Å². The summed E-state index contributed by atoms with van der Waals surface area (Å²) in [7, 11) is 0. The summed E-state index contributed by atoms with van der Waals surface area (Å²) in [6, 6.07) is 6.36. The van der Waals surface area contributed by atoms with E-state index in [1.54, 1.807) is 18.2 Å². The molecule has 0 aliphatic heterocycles. The molecule has 15 heavy (non-hydrogen) atoms. The molecule has 1 aromatic carbocycles. The van der Waals surface area contributed by atoms with Gasteiger partial charge in [-0.15, -0.1) is 0 Å². The second kappa shape index (κ2) is 4.18. The quantitative estimate of drug-likeness (QED) is 0.825. The Morgan fingerprint density at radius 1 is 1.27 bits per heavy atom. The summed E-state index contributed by atoms with van der Waals surface area (Å²) in [6.07, 6.45) is 0.521. The Morgan fingerprint density at radius 3 is 2.80 bits per heavy atom. The average molecular weight is 207 g/mol. The second-order valence-electron chi connectivity index (χ2n) is 3.08. The van der Waals surface area contributed by atoms with Gasteiger partial charge in [0.25, 0.3) is 0 Å². The Morgan fingerprint density at radius 2 is 2.07 bits per heavy atom. The molecular weight excluding hydrogens is 197 g/mol. The minimum Gasteiger partial charge on any atom is -0.330 e. The summed E-state index contributed by atoms with van der Waals surface area (Å²) >= 11 is 0. The fraction of sp³-hybridized carbons (Fsp3) is 0.200. The molecule has 0 radical (unpaired) electrons. The highest BCUT2D eigenvalue weighted by atomic mass is 19.1. The van der Waals surface area contributed by atoms with Crippen molar-refractivity contribution in [2.75, 3.05) is 6.54 Å². The zero-order valence-electron chi connectivity index (χ0n) is 7.98. The van der Waals surface area contributed by atoms with Crippen molar-refractivity contribution in [3.05, 3.63) is 35.8 Å². The highest BCUT2D eigenvalue weighted by molar-refractivity contribution is 5.61. The first-order valence-electron chi connectivity index (χ1n) is 4.59. The third kappa shape index (κ3) is 1.87. The number of benzene rings is 1. The number of hydrogen-bond donors (Lipinski definition) is 1. The summed E-state index contributed by atoms with van der Waals surface area (Å²) < 4.78 is 18.0. The monoisotopic (exact) mass is 207 g/mol. The zero-order chi connectivity index (χ0) is 10.7. The molecule has 0 fully saturated rings. The Labute approximate surface area is 85.9 Å². The van der Waals surface area contributed by atoms with E-state index in [9.17, 15) is 4.39 Å². The van der Waals surface area contributed by atoms with Gasteiger partial charge in [0.2, 0.25) is 0 Å². The molecule has 0 saturated heterocycles. The lowest BCUT2D eigenvalue weighted by molar-refractivity contribution is 0.304. The van der Waals surface area contributed by atoms with Crippen LogP contribution in [-0.4, -0.2) is 16.9 Å². The van der Waals surface area contributed by atoms with Crippen LogP contribution in [-0.2, 0) is 6.42 Å². The molecule has 2 rings (SSSR count). The predicted octanol–water partition coefficient (Wildman–Crippen LogP) is 1.38. The minimum absolute atomic E-state index is 0.341. The molecule has 0 bridgehead atoms. The highest BCUT2D eigenvalue weighted by Crippen LogP contribution is 2.23. The number of nitrogens with zero attached hydrogens (tertiary/aromatic N) is 2. The van der Waals surface area contributed by atoms with Gasteiger partial charge in [0.05, 0.1) is 0 Å². The molecule has 0 atom stereocenters. The van der Waals surface area contributed by atoms with Crippen LogP contribution >= 0.6 is 0 Å². The first-order valence-corrected chi connectivity index (χ1v) is 4.59. The van der Waals surface area contributed by atoms with E-state index in [1.807, 2.05) is 0 Å². The lowest BCUT2D eigenvalue weighted by Crippen LogP contribution is -2.04. The van der Waals surface area contributed by atoms with E-state index in [4.69, 9.17) is 5.73 Å². The third-order valence-corrected chi connectivity index (χ3v) is 2.07. The predicted molar refractivity (Wildman–Crippen MR) is 52.5 cm³/mol. The van der Waals surface area contributed by atoms with Gasteiger partial charge in [0.1, 0.15) is 17.2 Å². The highest BCUT2D eigenvalue weighted by Gasteiger charge is 2.14. The molecule has 0 aliphatic carbocycles. The first kappa shape index (κ1) is 9.79. The molecule has 0 spiro atoms. The zero-order valence-corrected chi connectivity index (χ0v) is 7.98. The van der Waals surface area contributed by atoms with Crippen LogP contribution in [0.25, 0.3) is 11.3 Å². The molecule has 5 heteroatoms. The fourth-order valence-corrected chi connectivity index (χ4v) is 1.37. The largest absolute Gasteiger partial charge is 0.330 e. The van der Waals surface area contributed by atoms with Crippen molar-refractivity contribution in [1.29, 1.82) is 0 Å². The van der Waals surface area contributed by atoms with Crippen LogP contribution in [0.1, 0.15) is 5.69 Å². The lowest BCUT2D eigenvalue weighted by atomic mass is 10.1. The van der Waals surface area contributed by atoms with Crippen molar-refractivity contribution in [3.63, 3.8) is 0 Å². The van der Waals surface area contributed by atoms with Crippen molar-refractivity contribution in [2.45, 2.75) is 6.42 Å². The van der Waals surface area contributed by atoms with Gasteiger partial charge in [-0.2, -0.15) is 0 Å². The molecule has 1 heterocycles. The van der Waals surface area contributed by atoms with E-state index < -0.39 is 0 Å². The summed E-state index contributed by atoms with van der Waals surface area (Å²) in [5, 5.41) is 7.37. The van der Waals surface area contributed by atoms with Crippen LogP contribution in [0.4, 0.5) is 4.39 Å². The van der Waals surface area contributed by atoms with E-state index in [0.29, 0.717) is 29.9 Å². The van der Waals surface area contributed by atoms with Crippen LogP contribution in [0.3, 0.4) is 0 Å². The SMILES string of the molecule is NCCc1nonc1-c1ccccc1F. The van der Waals surface area contributed by atoms with Gasteiger partial charge >= 0.3 is 0 Å². The molecule has 0 amide bonds. The van der Waals surface area contributed by atoms with Crippen molar-refractivity contribution in [2.24, 2.45) is 5.73 Å². The molecule has 0 aliphatic rings. The van der Waals surface area contributed by atoms with E-state index in [-0.39, 0.29) is 5.82 Å². The summed E-state index contributed by atoms with van der Waals surface area (Å²) in [4.78, 5) is 0. The van der Waals surface area contributed by atoms with Gasteiger partial charge < -0.3 is 5.73 Å². The number of aromatic nitrogens is 2. The smallest absolute Gasteiger partial charge is 0.141 e. The van der Waals surface area contributed by atoms with Gasteiger partial charge in [0.15, 0.2) is 0 Å². The van der Waals surface area contributed by atoms with E-state index in [2.05, 4.69) is 14.9 Å². The van der Waals surface area contributed by atoms with Crippen molar-refractivity contribution in [3.8, 4) is 11.3 Å². The summed E-state index contributed by atoms with van der Waals surface area (Å²) in [5.41, 5.74) is 6.81. The van der Waals surface area contributed by atoms with Crippen LogP contribution in [0, 0.1) is 5.82 Å². The maximum absolute atomic E-state index is 13.4. The van der Waals surface area contributed by atoms with Gasteiger partial charge in [-0.05, 0) is 23.8 Å². The molecule has 0 saturated carbocycles. The van der Waals surface area contributed by atoms with Crippen LogP contribution in [0.5, 0.6) is 0 Å². The van der Waals surface area contributed by atoms with Gasteiger partial charge in [-0.25, -0.2) is 9.02 Å². The first-order chi connectivity index (χ1) is 7.33.